The van der Waals surface area contributed by atoms with Crippen molar-refractivity contribution >= 4 is 28.3 Å². The Morgan fingerprint density at radius 3 is 2.46 bits per heavy atom. The molecule has 2 fully saturated rings. The molecule has 3 aliphatic rings. The summed E-state index contributed by atoms with van der Waals surface area (Å²) >= 11 is 0. The highest BCUT2D eigenvalue weighted by atomic mass is 35.5. The Kier molecular flexibility index (Phi) is 5.91. The summed E-state index contributed by atoms with van der Waals surface area (Å²) in [6.07, 6.45) is 5.03. The normalized spacial score (nSPS) is 23.5. The molecule has 4 rings (SSSR count). The summed E-state index contributed by atoms with van der Waals surface area (Å²) in [6, 6.07) is 5.46. The first-order valence-electron chi connectivity index (χ1n) is 9.20. The predicted molar refractivity (Wildman–Crippen MR) is 102 cm³/mol. The molecule has 1 aromatic carbocycles. The lowest BCUT2D eigenvalue weighted by atomic mass is 10.1. The van der Waals surface area contributed by atoms with E-state index in [1.165, 1.54) is 15.4 Å². The van der Waals surface area contributed by atoms with Gasteiger partial charge in [-0.25, -0.2) is 8.42 Å². The van der Waals surface area contributed by atoms with Crippen molar-refractivity contribution in [2.75, 3.05) is 32.7 Å². The topological polar surface area (TPSA) is 69.7 Å². The minimum atomic E-state index is -3.47. The van der Waals surface area contributed by atoms with Crippen LogP contribution in [0.15, 0.2) is 23.1 Å². The van der Waals surface area contributed by atoms with E-state index in [0.29, 0.717) is 31.1 Å². The van der Waals surface area contributed by atoms with E-state index in [0.717, 1.165) is 38.6 Å². The molecule has 26 heavy (non-hydrogen) atoms. The Balaban J connectivity index is 0.00000196. The molecular weight excluding hydrogens is 374 g/mol. The number of hydrogen-bond acceptors (Lipinski definition) is 4. The van der Waals surface area contributed by atoms with E-state index in [1.807, 2.05) is 12.1 Å². The molecule has 1 aromatic rings. The highest BCUT2D eigenvalue weighted by molar-refractivity contribution is 7.89. The van der Waals surface area contributed by atoms with Crippen LogP contribution in [0, 0.1) is 0 Å². The number of amides is 1. The Morgan fingerprint density at radius 1 is 1.04 bits per heavy atom. The average molecular weight is 400 g/mol. The molecule has 0 radical (unpaired) electrons. The zero-order chi connectivity index (χ0) is 17.4. The van der Waals surface area contributed by atoms with Crippen molar-refractivity contribution < 1.29 is 13.2 Å². The lowest BCUT2D eigenvalue weighted by Gasteiger charge is -2.35. The predicted octanol–water partition coefficient (Wildman–Crippen LogP) is 1.18. The van der Waals surface area contributed by atoms with Gasteiger partial charge in [-0.2, -0.15) is 4.31 Å². The van der Waals surface area contributed by atoms with Gasteiger partial charge in [-0.05, 0) is 61.9 Å². The summed E-state index contributed by atoms with van der Waals surface area (Å²) in [5.74, 6) is 0.118. The molecule has 1 unspecified atom stereocenters. The van der Waals surface area contributed by atoms with Crippen LogP contribution in [0.3, 0.4) is 0 Å². The van der Waals surface area contributed by atoms with Gasteiger partial charge >= 0.3 is 0 Å². The van der Waals surface area contributed by atoms with Gasteiger partial charge in [0.25, 0.3) is 0 Å². The van der Waals surface area contributed by atoms with Crippen molar-refractivity contribution in [3.05, 3.63) is 29.3 Å². The number of aryl methyl sites for hydroxylation is 2. The summed E-state index contributed by atoms with van der Waals surface area (Å²) in [6.45, 7) is 2.58. The quantitative estimate of drug-likeness (QED) is 0.828. The number of benzene rings is 1. The van der Waals surface area contributed by atoms with Gasteiger partial charge in [-0.3, -0.25) is 4.79 Å². The molecule has 0 saturated carbocycles. The van der Waals surface area contributed by atoms with Crippen LogP contribution in [0.1, 0.15) is 30.4 Å². The Bertz CT molecular complexity index is 770. The van der Waals surface area contributed by atoms with Crippen LogP contribution >= 0.6 is 12.4 Å². The van der Waals surface area contributed by atoms with Gasteiger partial charge in [0.2, 0.25) is 15.9 Å². The van der Waals surface area contributed by atoms with E-state index in [4.69, 9.17) is 0 Å². The fourth-order valence-electron chi connectivity index (χ4n) is 4.12. The number of nitrogens with zero attached hydrogens (tertiary/aromatic N) is 2. The van der Waals surface area contributed by atoms with Crippen LogP contribution in [0.2, 0.25) is 0 Å². The molecule has 2 aliphatic heterocycles. The molecule has 0 spiro atoms. The van der Waals surface area contributed by atoms with E-state index in [9.17, 15) is 13.2 Å². The lowest BCUT2D eigenvalue weighted by molar-refractivity contribution is -0.134. The third-order valence-corrected chi connectivity index (χ3v) is 7.51. The largest absolute Gasteiger partial charge is 0.339 e. The fourth-order valence-corrected chi connectivity index (χ4v) is 5.60. The van der Waals surface area contributed by atoms with Crippen LogP contribution < -0.4 is 5.32 Å². The first kappa shape index (κ1) is 19.6. The van der Waals surface area contributed by atoms with E-state index in [-0.39, 0.29) is 24.4 Å². The number of sulfonamides is 1. The molecule has 0 bridgehead atoms. The van der Waals surface area contributed by atoms with E-state index in [2.05, 4.69) is 5.32 Å². The van der Waals surface area contributed by atoms with Crippen LogP contribution in [-0.4, -0.2) is 62.3 Å². The maximum absolute atomic E-state index is 12.9. The zero-order valence-corrected chi connectivity index (χ0v) is 16.4. The smallest absolute Gasteiger partial charge is 0.243 e. The number of nitrogens with one attached hydrogen (secondary N) is 1. The number of rotatable bonds is 3. The molecule has 1 amide bonds. The summed E-state index contributed by atoms with van der Waals surface area (Å²) < 4.78 is 27.4. The van der Waals surface area contributed by atoms with Gasteiger partial charge in [0.05, 0.1) is 10.9 Å². The Hall–Kier alpha value is -1.15. The molecule has 1 aliphatic carbocycles. The minimum absolute atomic E-state index is 0. The Labute approximate surface area is 161 Å². The second kappa shape index (κ2) is 7.84. The van der Waals surface area contributed by atoms with Gasteiger partial charge in [-0.1, -0.05) is 6.07 Å². The van der Waals surface area contributed by atoms with E-state index < -0.39 is 10.0 Å². The van der Waals surface area contributed by atoms with Crippen molar-refractivity contribution in [2.24, 2.45) is 0 Å². The summed E-state index contributed by atoms with van der Waals surface area (Å²) in [5.41, 5.74) is 2.45. The highest BCUT2D eigenvalue weighted by Gasteiger charge is 2.33. The Morgan fingerprint density at radius 2 is 1.77 bits per heavy atom. The van der Waals surface area contributed by atoms with Crippen LogP contribution in [0.25, 0.3) is 0 Å². The first-order valence-corrected chi connectivity index (χ1v) is 10.6. The number of piperazine rings is 1. The molecule has 6 nitrogen and oxygen atoms in total. The SMILES string of the molecule is Cl.O=C(C1CCCN1)N1CCN(S(=O)(=O)c2ccc3c(c2)CCC3)CC1. The van der Waals surface area contributed by atoms with Gasteiger partial charge in [-0.15, -0.1) is 12.4 Å². The third kappa shape index (κ3) is 3.63. The fraction of sp³-hybridized carbons (Fsp3) is 0.611. The maximum atomic E-state index is 12.9. The lowest BCUT2D eigenvalue weighted by Crippen LogP contribution is -2.54. The van der Waals surface area contributed by atoms with Crippen LogP contribution in [-0.2, 0) is 27.7 Å². The van der Waals surface area contributed by atoms with Crippen molar-refractivity contribution in [1.29, 1.82) is 0 Å². The number of halogens is 1. The zero-order valence-electron chi connectivity index (χ0n) is 14.8. The number of hydrogen-bond donors (Lipinski definition) is 1. The summed E-state index contributed by atoms with van der Waals surface area (Å²) in [7, 11) is -3.47. The van der Waals surface area contributed by atoms with Gasteiger partial charge < -0.3 is 10.2 Å². The number of carbonyl (C=O) groups excluding carboxylic acids is 1. The average Bonchev–Trinajstić information content (AvgIpc) is 3.32. The molecule has 8 heteroatoms. The van der Waals surface area contributed by atoms with Crippen molar-refractivity contribution in [2.45, 2.75) is 43.0 Å². The van der Waals surface area contributed by atoms with Crippen LogP contribution in [0.4, 0.5) is 0 Å². The third-order valence-electron chi connectivity index (χ3n) is 5.62. The monoisotopic (exact) mass is 399 g/mol. The number of carbonyl (C=O) groups is 1. The molecule has 0 aromatic heterocycles. The summed E-state index contributed by atoms with van der Waals surface area (Å²) in [4.78, 5) is 14.6. The number of fused-ring (bicyclic) bond motifs is 1. The van der Waals surface area contributed by atoms with Crippen LogP contribution in [0.5, 0.6) is 0 Å². The summed E-state index contributed by atoms with van der Waals surface area (Å²) in [5, 5.41) is 3.22. The molecular formula is C18H26ClN3O3S. The highest BCUT2D eigenvalue weighted by Crippen LogP contribution is 2.26. The van der Waals surface area contributed by atoms with Gasteiger partial charge in [0.1, 0.15) is 0 Å². The molecule has 2 heterocycles. The van der Waals surface area contributed by atoms with Crippen molar-refractivity contribution in [1.82, 2.24) is 14.5 Å². The van der Waals surface area contributed by atoms with Gasteiger partial charge in [0.15, 0.2) is 0 Å². The molecule has 2 saturated heterocycles. The van der Waals surface area contributed by atoms with E-state index >= 15 is 0 Å². The standard InChI is InChI=1S/C18H25N3O3S.ClH/c22-18(17-5-2-8-19-17)20-9-11-21(12-10-20)25(23,24)16-7-6-14-3-1-4-15(14)13-16;/h6-7,13,17,19H,1-5,8-12H2;1H. The van der Waals surface area contributed by atoms with E-state index in [1.54, 1.807) is 11.0 Å². The van der Waals surface area contributed by atoms with Crippen molar-refractivity contribution in [3.63, 3.8) is 0 Å². The minimum Gasteiger partial charge on any atom is -0.339 e. The molecule has 1 N–H and O–H groups in total. The van der Waals surface area contributed by atoms with Gasteiger partial charge in [0, 0.05) is 26.2 Å². The molecule has 144 valence electrons. The molecule has 1 atom stereocenters. The second-order valence-electron chi connectivity index (χ2n) is 7.16. The first-order chi connectivity index (χ1) is 12.1. The maximum Gasteiger partial charge on any atom is 0.243 e. The van der Waals surface area contributed by atoms with Crippen molar-refractivity contribution in [3.8, 4) is 0 Å². The second-order valence-corrected chi connectivity index (χ2v) is 9.10.